The molecule has 1 aliphatic rings. The highest BCUT2D eigenvalue weighted by atomic mass is 16.5. The summed E-state index contributed by atoms with van der Waals surface area (Å²) in [4.78, 5) is 22.0. The Bertz CT molecular complexity index is 576. The van der Waals surface area contributed by atoms with E-state index in [1.807, 2.05) is 30.3 Å². The minimum atomic E-state index is -0.815. The van der Waals surface area contributed by atoms with Crippen LogP contribution >= 0.6 is 0 Å². The Hall–Kier alpha value is -2.18. The van der Waals surface area contributed by atoms with Crippen molar-refractivity contribution in [2.24, 2.45) is 0 Å². The predicted molar refractivity (Wildman–Crippen MR) is 89.0 cm³/mol. The first-order valence-corrected chi connectivity index (χ1v) is 7.94. The molecule has 6 heteroatoms. The lowest BCUT2D eigenvalue weighted by Gasteiger charge is -2.32. The first-order valence-electron chi connectivity index (χ1n) is 7.94. The highest BCUT2D eigenvalue weighted by molar-refractivity contribution is 5.78. The lowest BCUT2D eigenvalue weighted by Crippen LogP contribution is -2.36. The van der Waals surface area contributed by atoms with Gasteiger partial charge in [-0.15, -0.1) is 0 Å². The molecule has 0 spiro atoms. The average molecular weight is 333 g/mol. The minimum Gasteiger partial charge on any atom is -0.467 e. The number of rotatable bonds is 7. The number of esters is 1. The summed E-state index contributed by atoms with van der Waals surface area (Å²) >= 11 is 0. The summed E-state index contributed by atoms with van der Waals surface area (Å²) in [5.41, 5.74) is 1.02. The van der Waals surface area contributed by atoms with E-state index in [-0.39, 0.29) is 0 Å². The number of carbonyl (C=O) groups is 2. The normalized spacial score (nSPS) is 18.1. The molecular formula is C18H23NO5. The maximum absolute atomic E-state index is 11.5. The van der Waals surface area contributed by atoms with Crippen molar-refractivity contribution in [2.75, 3.05) is 20.3 Å². The number of hydrogen-bond acceptors (Lipinski definition) is 5. The predicted octanol–water partition coefficient (Wildman–Crippen LogP) is 1.38. The van der Waals surface area contributed by atoms with Gasteiger partial charge in [0.1, 0.15) is 6.04 Å². The van der Waals surface area contributed by atoms with Crippen LogP contribution in [-0.2, 0) is 24.7 Å². The average Bonchev–Trinajstić information content (AvgIpc) is 2.61. The molecular weight excluding hydrogens is 310 g/mol. The highest BCUT2D eigenvalue weighted by Crippen LogP contribution is 2.31. The lowest BCUT2D eigenvalue weighted by atomic mass is 9.86. The van der Waals surface area contributed by atoms with Crippen LogP contribution in [0.5, 0.6) is 0 Å². The van der Waals surface area contributed by atoms with Gasteiger partial charge in [-0.2, -0.15) is 0 Å². The van der Waals surface area contributed by atoms with Crippen molar-refractivity contribution < 1.29 is 24.2 Å². The zero-order valence-corrected chi connectivity index (χ0v) is 13.7. The summed E-state index contributed by atoms with van der Waals surface area (Å²) in [6.07, 6.45) is 5.68. The summed E-state index contributed by atoms with van der Waals surface area (Å²) in [6, 6.07) is 6.96. The fourth-order valence-corrected chi connectivity index (χ4v) is 2.70. The molecule has 2 N–H and O–H groups in total. The number of aliphatic hydroxyl groups is 1. The fraction of sp³-hybridized carbons (Fsp3) is 0.444. The molecule has 1 heterocycles. The highest BCUT2D eigenvalue weighted by Gasteiger charge is 2.31. The van der Waals surface area contributed by atoms with Gasteiger partial charge in [-0.05, 0) is 17.5 Å². The molecule has 0 bridgehead atoms. The van der Waals surface area contributed by atoms with Crippen molar-refractivity contribution in [3.63, 3.8) is 0 Å². The Balaban J connectivity index is 1.97. The number of benzene rings is 1. The number of ether oxygens (including phenoxy) is 2. The smallest absolute Gasteiger partial charge is 0.328 e. The van der Waals surface area contributed by atoms with Crippen LogP contribution in [0.3, 0.4) is 0 Å². The summed E-state index contributed by atoms with van der Waals surface area (Å²) in [5, 5.41) is 13.1. The van der Waals surface area contributed by atoms with Crippen molar-refractivity contribution >= 4 is 18.5 Å². The van der Waals surface area contributed by atoms with Gasteiger partial charge in [-0.1, -0.05) is 36.4 Å². The Morgan fingerprint density at radius 3 is 2.62 bits per heavy atom. The molecule has 24 heavy (non-hydrogen) atoms. The van der Waals surface area contributed by atoms with Crippen molar-refractivity contribution in [3.8, 4) is 0 Å². The Kier molecular flexibility index (Phi) is 6.52. The zero-order valence-electron chi connectivity index (χ0n) is 13.7. The van der Waals surface area contributed by atoms with Gasteiger partial charge in [0.05, 0.1) is 12.7 Å². The second-order valence-electron chi connectivity index (χ2n) is 5.76. The maximum Gasteiger partial charge on any atom is 0.328 e. The van der Waals surface area contributed by atoms with Gasteiger partial charge in [0.15, 0.2) is 0 Å². The standard InChI is InChI=1S/C18H23NO5/c1-23-17(21)16(19-13-20)4-2-3-14-5-7-15(8-6-14)18(22)9-11-24-12-10-18/h2-3,5-8,13,16,22H,4,9-12H2,1H3,(H,19,20)/b3-2+. The van der Waals surface area contributed by atoms with Crippen LogP contribution in [0.15, 0.2) is 30.3 Å². The third-order valence-corrected chi connectivity index (χ3v) is 4.21. The number of nitrogens with one attached hydrogen (secondary N) is 1. The van der Waals surface area contributed by atoms with Crippen LogP contribution < -0.4 is 5.32 Å². The molecule has 1 fully saturated rings. The molecule has 1 aromatic carbocycles. The molecule has 0 aliphatic carbocycles. The van der Waals surface area contributed by atoms with E-state index in [1.54, 1.807) is 6.08 Å². The number of amides is 1. The monoisotopic (exact) mass is 333 g/mol. The largest absolute Gasteiger partial charge is 0.467 e. The molecule has 1 atom stereocenters. The fourth-order valence-electron chi connectivity index (χ4n) is 2.70. The van der Waals surface area contributed by atoms with Gasteiger partial charge >= 0.3 is 5.97 Å². The molecule has 1 unspecified atom stereocenters. The van der Waals surface area contributed by atoms with Gasteiger partial charge in [0.25, 0.3) is 0 Å². The Morgan fingerprint density at radius 2 is 2.04 bits per heavy atom. The van der Waals surface area contributed by atoms with Gasteiger partial charge in [0, 0.05) is 26.1 Å². The van der Waals surface area contributed by atoms with Gasteiger partial charge < -0.3 is 19.9 Å². The Morgan fingerprint density at radius 1 is 1.38 bits per heavy atom. The molecule has 0 saturated carbocycles. The van der Waals surface area contributed by atoms with E-state index in [0.717, 1.165) is 11.1 Å². The zero-order chi connectivity index (χ0) is 17.4. The molecule has 1 aliphatic heterocycles. The molecule has 1 saturated heterocycles. The van der Waals surface area contributed by atoms with E-state index >= 15 is 0 Å². The number of hydrogen-bond donors (Lipinski definition) is 2. The van der Waals surface area contributed by atoms with Crippen LogP contribution in [0.1, 0.15) is 30.4 Å². The van der Waals surface area contributed by atoms with Crippen molar-refractivity contribution in [3.05, 3.63) is 41.5 Å². The second-order valence-corrected chi connectivity index (χ2v) is 5.76. The van der Waals surface area contributed by atoms with Gasteiger partial charge in [0.2, 0.25) is 6.41 Å². The van der Waals surface area contributed by atoms with Gasteiger partial charge in [-0.25, -0.2) is 4.79 Å². The van der Waals surface area contributed by atoms with E-state index in [0.29, 0.717) is 38.9 Å². The molecule has 1 amide bonds. The summed E-state index contributed by atoms with van der Waals surface area (Å²) in [5.74, 6) is -0.483. The molecule has 2 rings (SSSR count). The van der Waals surface area contributed by atoms with Crippen molar-refractivity contribution in [2.45, 2.75) is 30.9 Å². The minimum absolute atomic E-state index is 0.342. The van der Waals surface area contributed by atoms with Crippen molar-refractivity contribution in [1.29, 1.82) is 0 Å². The SMILES string of the molecule is COC(=O)C(C/C=C/c1ccc(C2(O)CCOCC2)cc1)NC=O. The van der Waals surface area contributed by atoms with Crippen LogP contribution in [0.2, 0.25) is 0 Å². The first kappa shape index (κ1) is 18.2. The van der Waals surface area contributed by atoms with E-state index < -0.39 is 17.6 Å². The Labute approximate surface area is 141 Å². The molecule has 0 radical (unpaired) electrons. The second kappa shape index (κ2) is 8.61. The molecule has 130 valence electrons. The van der Waals surface area contributed by atoms with Crippen LogP contribution in [0, 0.1) is 0 Å². The van der Waals surface area contributed by atoms with Crippen LogP contribution in [0.25, 0.3) is 6.08 Å². The van der Waals surface area contributed by atoms with Crippen LogP contribution in [-0.4, -0.2) is 43.9 Å². The lowest BCUT2D eigenvalue weighted by molar-refractivity contribution is -0.143. The number of methoxy groups -OCH3 is 1. The molecule has 1 aromatic rings. The third kappa shape index (κ3) is 4.66. The van der Waals surface area contributed by atoms with Crippen molar-refractivity contribution in [1.82, 2.24) is 5.32 Å². The van der Waals surface area contributed by atoms with Crippen LogP contribution in [0.4, 0.5) is 0 Å². The van der Waals surface area contributed by atoms with E-state index in [9.17, 15) is 14.7 Å². The van der Waals surface area contributed by atoms with E-state index in [4.69, 9.17) is 4.74 Å². The number of carbonyl (C=O) groups excluding carboxylic acids is 2. The first-order chi connectivity index (χ1) is 11.6. The third-order valence-electron chi connectivity index (χ3n) is 4.21. The quantitative estimate of drug-likeness (QED) is 0.582. The van der Waals surface area contributed by atoms with E-state index in [1.165, 1.54) is 7.11 Å². The van der Waals surface area contributed by atoms with E-state index in [2.05, 4.69) is 10.1 Å². The summed E-state index contributed by atoms with van der Waals surface area (Å²) in [7, 11) is 1.28. The molecule has 6 nitrogen and oxygen atoms in total. The molecule has 0 aromatic heterocycles. The van der Waals surface area contributed by atoms with Gasteiger partial charge in [-0.3, -0.25) is 4.79 Å². The summed E-state index contributed by atoms with van der Waals surface area (Å²) < 4.78 is 9.92. The maximum atomic E-state index is 11.5. The topological polar surface area (TPSA) is 84.9 Å². The summed E-state index contributed by atoms with van der Waals surface area (Å²) in [6.45, 7) is 1.13.